The molecule has 2 aliphatic heterocycles. The average Bonchev–Trinajstić information content (AvgIpc) is 3.36. The zero-order chi connectivity index (χ0) is 19.3. The number of rotatable bonds is 2. The number of para-hydroxylation sites is 2. The number of nitrogens with zero attached hydrogens (tertiary/aromatic N) is 4. The molecule has 0 bridgehead atoms. The first-order valence-electron chi connectivity index (χ1n) is 10.00. The molecule has 1 fully saturated rings. The van der Waals surface area contributed by atoms with Gasteiger partial charge in [-0.1, -0.05) is 12.1 Å². The van der Waals surface area contributed by atoms with E-state index in [1.54, 1.807) is 6.20 Å². The minimum Gasteiger partial charge on any atom is -0.372 e. The van der Waals surface area contributed by atoms with Gasteiger partial charge in [-0.3, -0.25) is 9.48 Å². The lowest BCUT2D eigenvalue weighted by molar-refractivity contribution is 0.0675. The Morgan fingerprint density at radius 1 is 1.18 bits per heavy atom. The Morgan fingerprint density at radius 2 is 1.96 bits per heavy atom. The number of piperidine rings is 1. The van der Waals surface area contributed by atoms with Crippen molar-refractivity contribution in [1.82, 2.24) is 19.2 Å². The van der Waals surface area contributed by atoms with Gasteiger partial charge in [-0.15, -0.1) is 0 Å². The molecule has 1 N–H and O–H groups in total. The van der Waals surface area contributed by atoms with Gasteiger partial charge in [0.2, 0.25) is 0 Å². The zero-order valence-electron chi connectivity index (χ0n) is 16.4. The summed E-state index contributed by atoms with van der Waals surface area (Å²) in [6.45, 7) is 6.26. The lowest BCUT2D eigenvalue weighted by Crippen LogP contribution is -2.51. The Bertz CT molecular complexity index is 1040. The third-order valence-electron chi connectivity index (χ3n) is 6.31. The summed E-state index contributed by atoms with van der Waals surface area (Å²) in [6.07, 6.45) is 5.62. The molecule has 0 radical (unpaired) electrons. The van der Waals surface area contributed by atoms with E-state index in [4.69, 9.17) is 0 Å². The molecule has 28 heavy (non-hydrogen) atoms. The van der Waals surface area contributed by atoms with E-state index >= 15 is 0 Å². The smallest absolute Gasteiger partial charge is 0.257 e. The molecule has 3 aromatic rings. The van der Waals surface area contributed by atoms with Crippen LogP contribution in [0, 0.1) is 6.92 Å². The third kappa shape index (κ3) is 2.40. The van der Waals surface area contributed by atoms with Crippen molar-refractivity contribution in [2.45, 2.75) is 38.8 Å². The van der Waals surface area contributed by atoms with Crippen molar-refractivity contribution in [3.63, 3.8) is 0 Å². The standard InChI is InChI=1S/C22H25N5O/c1-3-27-16(2)17(15-23-27)21(28)25-13-10-22(11-14-25)20-9-6-12-26(20)19-8-5-4-7-18(19)24-22/h4-9,12,15,24H,3,10-11,13-14H2,1-2H3. The molecule has 1 amide bonds. The number of hydrogen-bond donors (Lipinski definition) is 1. The van der Waals surface area contributed by atoms with Crippen molar-refractivity contribution in [2.75, 3.05) is 18.4 Å². The van der Waals surface area contributed by atoms with Crippen molar-refractivity contribution in [2.24, 2.45) is 0 Å². The first-order valence-corrected chi connectivity index (χ1v) is 10.00. The Morgan fingerprint density at radius 3 is 2.71 bits per heavy atom. The maximum atomic E-state index is 13.1. The van der Waals surface area contributed by atoms with Crippen LogP contribution in [0.2, 0.25) is 0 Å². The van der Waals surface area contributed by atoms with Crippen molar-refractivity contribution in [3.05, 3.63) is 65.7 Å². The van der Waals surface area contributed by atoms with E-state index in [2.05, 4.69) is 57.6 Å². The van der Waals surface area contributed by atoms with Gasteiger partial charge in [0.15, 0.2) is 0 Å². The average molecular weight is 375 g/mol. The van der Waals surface area contributed by atoms with Crippen LogP contribution < -0.4 is 5.32 Å². The lowest BCUT2D eigenvalue weighted by atomic mass is 9.82. The van der Waals surface area contributed by atoms with E-state index in [9.17, 15) is 4.79 Å². The number of anilines is 1. The predicted molar refractivity (Wildman–Crippen MR) is 109 cm³/mol. The first kappa shape index (κ1) is 17.1. The van der Waals surface area contributed by atoms with E-state index < -0.39 is 0 Å². The molecule has 2 aliphatic rings. The van der Waals surface area contributed by atoms with Crippen LogP contribution in [-0.4, -0.2) is 38.2 Å². The van der Waals surface area contributed by atoms with Crippen LogP contribution in [0.25, 0.3) is 5.69 Å². The highest BCUT2D eigenvalue weighted by molar-refractivity contribution is 5.95. The SMILES string of the molecule is CCn1ncc(C(=O)N2CCC3(CC2)Nc2ccccc2-n2cccc23)c1C. The summed E-state index contributed by atoms with van der Waals surface area (Å²) in [5, 5.41) is 8.14. The normalized spacial score (nSPS) is 17.1. The van der Waals surface area contributed by atoms with Crippen LogP contribution >= 0.6 is 0 Å². The molecule has 0 aliphatic carbocycles. The molecule has 5 rings (SSSR count). The quantitative estimate of drug-likeness (QED) is 0.745. The van der Waals surface area contributed by atoms with Gasteiger partial charge in [0.05, 0.1) is 28.7 Å². The summed E-state index contributed by atoms with van der Waals surface area (Å²) in [6, 6.07) is 12.7. The van der Waals surface area contributed by atoms with E-state index in [1.807, 2.05) is 23.4 Å². The van der Waals surface area contributed by atoms with E-state index in [1.165, 1.54) is 11.4 Å². The fourth-order valence-electron chi connectivity index (χ4n) is 4.71. The molecular weight excluding hydrogens is 350 g/mol. The summed E-state index contributed by atoms with van der Waals surface area (Å²) < 4.78 is 4.17. The van der Waals surface area contributed by atoms with Crippen molar-refractivity contribution in [3.8, 4) is 5.69 Å². The summed E-state index contributed by atoms with van der Waals surface area (Å²) >= 11 is 0. The number of aromatic nitrogens is 3. The van der Waals surface area contributed by atoms with Gasteiger partial charge in [0.1, 0.15) is 0 Å². The number of carbonyl (C=O) groups excluding carboxylic acids is 1. The van der Waals surface area contributed by atoms with Crippen LogP contribution in [0.1, 0.15) is 41.5 Å². The second-order valence-corrected chi connectivity index (χ2v) is 7.74. The lowest BCUT2D eigenvalue weighted by Gasteiger charge is -2.46. The van der Waals surface area contributed by atoms with E-state index in [0.29, 0.717) is 0 Å². The highest BCUT2D eigenvalue weighted by atomic mass is 16.2. The number of hydrogen-bond acceptors (Lipinski definition) is 3. The van der Waals surface area contributed by atoms with Gasteiger partial charge in [-0.25, -0.2) is 0 Å². The Balaban J connectivity index is 1.40. The van der Waals surface area contributed by atoms with Crippen molar-refractivity contribution >= 4 is 11.6 Å². The monoisotopic (exact) mass is 375 g/mol. The number of nitrogens with one attached hydrogen (secondary N) is 1. The molecule has 6 heteroatoms. The van der Waals surface area contributed by atoms with Crippen molar-refractivity contribution < 1.29 is 4.79 Å². The van der Waals surface area contributed by atoms with E-state index in [-0.39, 0.29) is 11.4 Å². The molecule has 1 spiro atoms. The minimum atomic E-state index is -0.128. The molecule has 0 atom stereocenters. The second kappa shape index (κ2) is 6.26. The Hall–Kier alpha value is -3.02. The second-order valence-electron chi connectivity index (χ2n) is 7.74. The number of amides is 1. The number of aryl methyl sites for hydroxylation is 1. The maximum absolute atomic E-state index is 13.1. The van der Waals surface area contributed by atoms with Gasteiger partial charge < -0.3 is 14.8 Å². The topological polar surface area (TPSA) is 55.1 Å². The van der Waals surface area contributed by atoms with Gasteiger partial charge in [0, 0.05) is 37.2 Å². The van der Waals surface area contributed by atoms with Crippen LogP contribution in [0.4, 0.5) is 5.69 Å². The summed E-state index contributed by atoms with van der Waals surface area (Å²) in [5.74, 6) is 0.0960. The fourth-order valence-corrected chi connectivity index (χ4v) is 4.71. The molecule has 144 valence electrons. The largest absolute Gasteiger partial charge is 0.372 e. The first-order chi connectivity index (χ1) is 13.6. The molecular formula is C22H25N5O. The van der Waals surface area contributed by atoms with Gasteiger partial charge in [-0.05, 0) is 51.0 Å². The van der Waals surface area contributed by atoms with Crippen molar-refractivity contribution in [1.29, 1.82) is 0 Å². The predicted octanol–water partition coefficient (Wildman–Crippen LogP) is 3.56. The third-order valence-corrected chi connectivity index (χ3v) is 6.31. The molecule has 6 nitrogen and oxygen atoms in total. The Labute approximate surface area is 164 Å². The minimum absolute atomic E-state index is 0.0960. The molecule has 1 aromatic carbocycles. The molecule has 0 unspecified atom stereocenters. The van der Waals surface area contributed by atoms with E-state index in [0.717, 1.165) is 49.4 Å². The van der Waals surface area contributed by atoms with Gasteiger partial charge in [0.25, 0.3) is 5.91 Å². The van der Waals surface area contributed by atoms with Gasteiger partial charge >= 0.3 is 0 Å². The summed E-state index contributed by atoms with van der Waals surface area (Å²) in [4.78, 5) is 15.0. The highest BCUT2D eigenvalue weighted by Crippen LogP contribution is 2.43. The summed E-state index contributed by atoms with van der Waals surface area (Å²) in [7, 11) is 0. The number of likely N-dealkylation sites (tertiary alicyclic amines) is 1. The molecule has 4 heterocycles. The van der Waals surface area contributed by atoms with Crippen LogP contribution in [0.3, 0.4) is 0 Å². The molecule has 1 saturated heterocycles. The Kier molecular flexibility index (Phi) is 3.82. The number of carbonyl (C=O) groups is 1. The number of fused-ring (bicyclic) bond motifs is 4. The van der Waals surface area contributed by atoms with Crippen LogP contribution in [0.15, 0.2) is 48.8 Å². The molecule has 0 saturated carbocycles. The van der Waals surface area contributed by atoms with Crippen LogP contribution in [-0.2, 0) is 12.1 Å². The highest BCUT2D eigenvalue weighted by Gasteiger charge is 2.42. The fraction of sp³-hybridized carbons (Fsp3) is 0.364. The van der Waals surface area contributed by atoms with Gasteiger partial charge in [-0.2, -0.15) is 5.10 Å². The zero-order valence-corrected chi connectivity index (χ0v) is 16.4. The molecule has 2 aromatic heterocycles. The number of benzene rings is 1. The van der Waals surface area contributed by atoms with Crippen LogP contribution in [0.5, 0.6) is 0 Å². The maximum Gasteiger partial charge on any atom is 0.257 e. The summed E-state index contributed by atoms with van der Waals surface area (Å²) in [5.41, 5.74) is 5.18.